The van der Waals surface area contributed by atoms with E-state index in [0.717, 1.165) is 59.9 Å². The van der Waals surface area contributed by atoms with Crippen LogP contribution in [0.1, 0.15) is 114 Å². The Labute approximate surface area is 617 Å². The molecular weight excluding hydrogens is 1380 g/mol. The molecule has 4 saturated heterocycles. The number of aliphatic hydroxyl groups excluding tert-OH is 1. The second kappa shape index (κ2) is 33.7. The van der Waals surface area contributed by atoms with Crippen molar-refractivity contribution in [2.75, 3.05) is 92.5 Å². The van der Waals surface area contributed by atoms with Gasteiger partial charge >= 0.3 is 18.1 Å². The van der Waals surface area contributed by atoms with E-state index >= 15 is 0 Å². The second-order valence-electron chi connectivity index (χ2n) is 28.3. The van der Waals surface area contributed by atoms with Crippen molar-refractivity contribution in [2.45, 2.75) is 141 Å². The van der Waals surface area contributed by atoms with Gasteiger partial charge in [-0.25, -0.2) is 19.6 Å². The fraction of sp³-hybridized carbons (Fsp3) is 0.467. The minimum Gasteiger partial charge on any atom is -0.507 e. The van der Waals surface area contributed by atoms with Crippen molar-refractivity contribution in [1.82, 2.24) is 56.0 Å². The Kier molecular flexibility index (Phi) is 23.9. The van der Waals surface area contributed by atoms with Crippen molar-refractivity contribution in [3.63, 3.8) is 0 Å². The van der Waals surface area contributed by atoms with Gasteiger partial charge in [-0.05, 0) is 123 Å². The number of aromatic nitrogens is 5. The first-order valence-electron chi connectivity index (χ1n) is 36.1. The smallest absolute Gasteiger partial charge is 0.413 e. The van der Waals surface area contributed by atoms with Gasteiger partial charge in [-0.1, -0.05) is 68.8 Å². The number of aromatic hydroxyl groups is 1. The summed E-state index contributed by atoms with van der Waals surface area (Å²) >= 11 is 1.58. The third-order valence-electron chi connectivity index (χ3n) is 20.8. The summed E-state index contributed by atoms with van der Waals surface area (Å²) in [6, 6.07) is 26.0. The zero-order valence-corrected chi connectivity index (χ0v) is 60.8. The number of para-hydroxylation sites is 1. The van der Waals surface area contributed by atoms with Crippen LogP contribution in [0.15, 0.2) is 113 Å². The number of aliphatic hydroxyl groups is 1. The normalized spacial score (nSPS) is 20.0. The number of β-amino-alcohol motifs (C(OH)–C–C–N with tert-alkyl or cyclic N) is 1. The minimum atomic E-state index is -1.60. The summed E-state index contributed by atoms with van der Waals surface area (Å²) in [5.74, 6) is -2.95. The third-order valence-corrected chi connectivity index (χ3v) is 21.7. The molecule has 5 fully saturated rings. The van der Waals surface area contributed by atoms with Gasteiger partial charge in [-0.2, -0.15) is 0 Å². The number of pyridine rings is 1. The van der Waals surface area contributed by atoms with E-state index in [9.17, 15) is 48.9 Å². The minimum absolute atomic E-state index is 0.0197. The molecule has 10 N–H and O–H groups in total. The predicted molar refractivity (Wildman–Crippen MR) is 394 cm³/mol. The average molecular weight is 1470 g/mol. The van der Waals surface area contributed by atoms with Gasteiger partial charge in [0.15, 0.2) is 11.6 Å². The van der Waals surface area contributed by atoms with Gasteiger partial charge in [0, 0.05) is 119 Å². The van der Waals surface area contributed by atoms with E-state index in [1.165, 1.54) is 4.90 Å². The van der Waals surface area contributed by atoms with Gasteiger partial charge < -0.3 is 75.8 Å². The molecule has 0 radical (unpaired) electrons. The van der Waals surface area contributed by atoms with Crippen LogP contribution < -0.4 is 51.6 Å². The number of phenolic OH excluding ortho intramolecular Hbond substituents is 1. The maximum Gasteiger partial charge on any atom is 0.413 e. The molecule has 4 unspecified atom stereocenters. The third kappa shape index (κ3) is 17.7. The number of amides is 7. The van der Waals surface area contributed by atoms with Gasteiger partial charge in [-0.15, -0.1) is 21.5 Å². The molecule has 106 heavy (non-hydrogen) atoms. The number of urea groups is 1. The maximum absolute atomic E-state index is 14.4. The molecule has 7 aromatic rings. The summed E-state index contributed by atoms with van der Waals surface area (Å²) in [4.78, 5) is 113. The maximum atomic E-state index is 14.4. The topological polar surface area (TPSA) is 388 Å². The van der Waals surface area contributed by atoms with Crippen LogP contribution in [0.2, 0.25) is 0 Å². The number of thiazole rings is 1. The van der Waals surface area contributed by atoms with E-state index in [4.69, 9.17) is 24.5 Å². The number of nitrogens with zero attached hydrogens (tertiary/aromatic N) is 10. The van der Waals surface area contributed by atoms with Crippen molar-refractivity contribution in [3.05, 3.63) is 131 Å². The lowest BCUT2D eigenvalue weighted by molar-refractivity contribution is -0.162. The molecule has 7 amide bonds. The Balaban J connectivity index is 0.597. The number of carbonyl (C=O) groups is 7. The molecule has 8 atom stereocenters. The van der Waals surface area contributed by atoms with Crippen molar-refractivity contribution < 1.29 is 67.6 Å². The van der Waals surface area contributed by atoms with E-state index in [-0.39, 0.29) is 111 Å². The number of aryl methyl sites for hydroxylation is 1. The van der Waals surface area contributed by atoms with Crippen LogP contribution in [0.25, 0.3) is 21.7 Å². The summed E-state index contributed by atoms with van der Waals surface area (Å²) in [6.07, 6.45) is 3.27. The van der Waals surface area contributed by atoms with Gasteiger partial charge in [0.05, 0.1) is 39.6 Å². The highest BCUT2D eigenvalue weighted by Crippen LogP contribution is 2.43. The van der Waals surface area contributed by atoms with Crippen LogP contribution in [0.3, 0.4) is 0 Å². The van der Waals surface area contributed by atoms with Gasteiger partial charge in [-0.3, -0.25) is 39.1 Å². The Morgan fingerprint density at radius 3 is 2.26 bits per heavy atom. The lowest BCUT2D eigenvalue weighted by atomic mass is 9.68. The monoisotopic (exact) mass is 1470 g/mol. The number of nitrogens with two attached hydrogens (primary N) is 1. The Bertz CT molecular complexity index is 4260. The van der Waals surface area contributed by atoms with E-state index < -0.39 is 59.4 Å². The summed E-state index contributed by atoms with van der Waals surface area (Å²) in [6.45, 7) is 15.6. The van der Waals surface area contributed by atoms with Crippen molar-refractivity contribution in [3.8, 4) is 39.2 Å². The average Bonchev–Trinajstić information content (AvgIpc) is 1.44. The highest BCUT2D eigenvalue weighted by atomic mass is 32.1. The van der Waals surface area contributed by atoms with Crippen LogP contribution in [0.4, 0.5) is 32.5 Å². The first kappa shape index (κ1) is 75.2. The number of piperazine rings is 2. The largest absolute Gasteiger partial charge is 0.507 e. The summed E-state index contributed by atoms with van der Waals surface area (Å²) in [5.41, 5.74) is 11.7. The molecule has 4 aliphatic heterocycles. The first-order valence-corrected chi connectivity index (χ1v) is 37.0. The standard InChI is InChI=1S/C75H92N16O14S/c1-44(2)65(70(96)90-41-55(92)35-60(90)69(95)80-46(4)49-15-17-50(18-16-49)66-47(5)79-43-106-66)62-37-64(86-105-62)103-32-30-87-28-29-88(45(3)38-87)31-33-102-63-34-52(23-27-77-63)91-53-21-22-54(91)40-89(39-53)59-36-58(56-10-6-7-12-61(56)93)84-85-67(59)83-74(101)104-42-48-13-19-51(20-14-48)81-68(94)57(11-8-26-78-73(76)100)82-71(97)75(72(98)99)24-9-25-75/h6-7,10,12-20,23,27,34,36-37,43-46,53-55,57,60,65,92-93H,8-9,11,21-22,24-26,28-33,35,38-42H2,1-5H3,(H,80,95)(H,81,94)(H,82,97)(H,98,99)(H3,76,78,100)(H,83,85,101)/t45?,46-,53?,54?,55+,57-,60-,65?/m0/s1. The highest BCUT2D eigenvalue weighted by Gasteiger charge is 2.52. The van der Waals surface area contributed by atoms with E-state index in [2.05, 4.69) is 78.4 Å². The number of hydrogen-bond acceptors (Lipinski definition) is 23. The van der Waals surface area contributed by atoms with Crippen LogP contribution in [-0.4, -0.2) is 205 Å². The highest BCUT2D eigenvalue weighted by molar-refractivity contribution is 7.13. The van der Waals surface area contributed by atoms with Crippen LogP contribution in [0.5, 0.6) is 17.5 Å². The van der Waals surface area contributed by atoms with E-state index in [1.54, 1.807) is 72.1 Å². The summed E-state index contributed by atoms with van der Waals surface area (Å²) in [5, 5.41) is 58.3. The Morgan fingerprint density at radius 1 is 0.830 bits per heavy atom. The van der Waals surface area contributed by atoms with E-state index in [1.807, 2.05) is 75.7 Å². The number of rotatable bonds is 30. The van der Waals surface area contributed by atoms with Crippen molar-refractivity contribution >= 4 is 75.9 Å². The number of fused-ring (bicyclic) bond motifs is 2. The zero-order chi connectivity index (χ0) is 74.8. The molecule has 562 valence electrons. The lowest BCUT2D eigenvalue weighted by Crippen LogP contribution is -2.55. The number of carbonyl (C=O) groups excluding carboxylic acids is 6. The van der Waals surface area contributed by atoms with Crippen molar-refractivity contribution in [2.24, 2.45) is 17.1 Å². The quantitative estimate of drug-likeness (QED) is 0.0156. The van der Waals surface area contributed by atoms with Crippen LogP contribution in [0, 0.1) is 18.3 Å². The fourth-order valence-electron chi connectivity index (χ4n) is 14.8. The van der Waals surface area contributed by atoms with Crippen LogP contribution >= 0.6 is 11.3 Å². The molecule has 12 rings (SSSR count). The molecular formula is C75H92N16O14S. The van der Waals surface area contributed by atoms with E-state index in [0.29, 0.717) is 85.6 Å². The number of anilines is 4. The number of nitrogens with one attached hydrogen (secondary N) is 5. The fourth-order valence-corrected chi connectivity index (χ4v) is 15.6. The number of likely N-dealkylation sites (tertiary alicyclic amines) is 1. The number of benzene rings is 3. The molecule has 31 heteroatoms. The molecule has 1 saturated carbocycles. The SMILES string of the molecule is Cc1ncsc1-c1ccc([C@H](C)NC(=O)[C@@H]2C[C@@H](O)CN2C(=O)C(c2cc(OCCN3CCN(CCOc4cc(N5C6CCC5CN(c5cc(-c7ccccc7O)nnc5NC(=O)OCc5ccc(NC(=O)[C@H](CCCNC(N)=O)NC(=O)C7(C(=O)O)CCC7)cc5)C6)ccn4)C(C)C3)no2)C(C)C)cc1. The van der Waals surface area contributed by atoms with Crippen LogP contribution in [-0.2, 0) is 35.3 Å². The first-order chi connectivity index (χ1) is 51.1. The number of aliphatic carboxylic acids is 1. The van der Waals surface area contributed by atoms with Gasteiger partial charge in [0.2, 0.25) is 29.5 Å². The molecule has 3 aromatic carbocycles. The number of primary amides is 1. The van der Waals surface area contributed by atoms with Gasteiger partial charge in [0.1, 0.15) is 49.0 Å². The molecule has 2 bridgehead atoms. The number of carboxylic acid groups (broad SMARTS) is 1. The number of hydrogen-bond donors (Lipinski definition) is 9. The summed E-state index contributed by atoms with van der Waals surface area (Å²) < 4.78 is 23.9. The second-order valence-corrected chi connectivity index (χ2v) is 29.2. The Hall–Kier alpha value is -10.5. The molecule has 1 aliphatic carbocycles. The number of phenols is 1. The lowest BCUT2D eigenvalue weighted by Gasteiger charge is -2.43. The van der Waals surface area contributed by atoms with Gasteiger partial charge in [0.25, 0.3) is 5.88 Å². The van der Waals surface area contributed by atoms with Crippen molar-refractivity contribution in [1.29, 1.82) is 0 Å². The molecule has 4 aromatic heterocycles. The zero-order valence-electron chi connectivity index (χ0n) is 60.0. The molecule has 30 nitrogen and oxygen atoms in total. The molecule has 8 heterocycles. The number of carboxylic acids is 1. The molecule has 0 spiro atoms. The summed E-state index contributed by atoms with van der Waals surface area (Å²) in [7, 11) is 0. The Morgan fingerprint density at radius 2 is 1.58 bits per heavy atom. The number of ether oxygens (including phenoxy) is 3. The molecule has 5 aliphatic rings. The predicted octanol–water partition coefficient (Wildman–Crippen LogP) is 7.44.